The SMILES string of the molecule is O=C(CCn1ccc(=O)[nH]c1=O)Nc1ccc(C(=O)OC2CCCC2)cc1. The minimum Gasteiger partial charge on any atom is -0.459 e. The summed E-state index contributed by atoms with van der Waals surface area (Å²) in [6.07, 6.45) is 5.43. The molecule has 27 heavy (non-hydrogen) atoms. The van der Waals surface area contributed by atoms with E-state index in [-0.39, 0.29) is 30.9 Å². The van der Waals surface area contributed by atoms with Crippen LogP contribution >= 0.6 is 0 Å². The summed E-state index contributed by atoms with van der Waals surface area (Å²) in [7, 11) is 0. The minimum atomic E-state index is -0.555. The van der Waals surface area contributed by atoms with E-state index in [9.17, 15) is 19.2 Å². The zero-order valence-electron chi connectivity index (χ0n) is 14.8. The van der Waals surface area contributed by atoms with Gasteiger partial charge in [-0.05, 0) is 49.9 Å². The molecule has 1 aliphatic rings. The first kappa shape index (κ1) is 18.6. The first-order valence-electron chi connectivity index (χ1n) is 8.92. The quantitative estimate of drug-likeness (QED) is 0.751. The Labute approximate surface area is 155 Å². The molecule has 0 saturated heterocycles. The number of amides is 1. The van der Waals surface area contributed by atoms with Gasteiger partial charge in [0.2, 0.25) is 5.91 Å². The Morgan fingerprint density at radius 3 is 2.48 bits per heavy atom. The molecule has 1 aliphatic carbocycles. The average Bonchev–Trinajstić information content (AvgIpc) is 3.14. The molecule has 1 aromatic heterocycles. The fraction of sp³-hybridized carbons (Fsp3) is 0.368. The lowest BCUT2D eigenvalue weighted by molar-refractivity contribution is -0.116. The van der Waals surface area contributed by atoms with Gasteiger partial charge >= 0.3 is 11.7 Å². The Balaban J connectivity index is 1.51. The fourth-order valence-corrected chi connectivity index (χ4v) is 2.98. The van der Waals surface area contributed by atoms with Gasteiger partial charge in [0.05, 0.1) is 5.56 Å². The van der Waals surface area contributed by atoms with Crippen LogP contribution in [-0.4, -0.2) is 27.5 Å². The van der Waals surface area contributed by atoms with Crippen molar-refractivity contribution < 1.29 is 14.3 Å². The van der Waals surface area contributed by atoms with E-state index >= 15 is 0 Å². The van der Waals surface area contributed by atoms with E-state index in [1.165, 1.54) is 16.8 Å². The molecular weight excluding hydrogens is 350 g/mol. The zero-order valence-corrected chi connectivity index (χ0v) is 14.8. The lowest BCUT2D eigenvalue weighted by Crippen LogP contribution is -2.29. The van der Waals surface area contributed by atoms with Crippen LogP contribution in [0.15, 0.2) is 46.1 Å². The number of carbonyl (C=O) groups is 2. The highest BCUT2D eigenvalue weighted by Crippen LogP contribution is 2.22. The number of nitrogens with one attached hydrogen (secondary N) is 2. The molecule has 2 N–H and O–H groups in total. The number of hydrogen-bond acceptors (Lipinski definition) is 5. The number of aromatic nitrogens is 2. The third-order valence-electron chi connectivity index (χ3n) is 4.46. The maximum Gasteiger partial charge on any atom is 0.338 e. The van der Waals surface area contributed by atoms with E-state index in [0.29, 0.717) is 11.3 Å². The van der Waals surface area contributed by atoms with E-state index < -0.39 is 11.2 Å². The van der Waals surface area contributed by atoms with E-state index in [1.807, 2.05) is 0 Å². The Morgan fingerprint density at radius 1 is 1.11 bits per heavy atom. The number of ether oxygens (including phenoxy) is 1. The van der Waals surface area contributed by atoms with Crippen molar-refractivity contribution in [2.75, 3.05) is 5.32 Å². The highest BCUT2D eigenvalue weighted by atomic mass is 16.5. The van der Waals surface area contributed by atoms with Crippen LogP contribution in [-0.2, 0) is 16.1 Å². The molecule has 2 aromatic rings. The molecule has 142 valence electrons. The zero-order chi connectivity index (χ0) is 19.2. The average molecular weight is 371 g/mol. The number of esters is 1. The summed E-state index contributed by atoms with van der Waals surface area (Å²) in [6.45, 7) is 0.146. The van der Waals surface area contributed by atoms with Crippen molar-refractivity contribution in [2.45, 2.75) is 44.8 Å². The van der Waals surface area contributed by atoms with Crippen molar-refractivity contribution in [1.29, 1.82) is 0 Å². The number of rotatable bonds is 6. The Bertz CT molecular complexity index is 923. The molecule has 1 fully saturated rings. The molecule has 0 bridgehead atoms. The van der Waals surface area contributed by atoms with Gasteiger partial charge in [-0.2, -0.15) is 0 Å². The van der Waals surface area contributed by atoms with Crippen LogP contribution in [0.2, 0.25) is 0 Å². The van der Waals surface area contributed by atoms with Crippen molar-refractivity contribution in [2.24, 2.45) is 0 Å². The predicted octanol–water partition coefficient (Wildman–Crippen LogP) is 1.66. The second kappa shape index (κ2) is 8.48. The summed E-state index contributed by atoms with van der Waals surface area (Å²) < 4.78 is 6.69. The molecule has 0 spiro atoms. The Morgan fingerprint density at radius 2 is 1.81 bits per heavy atom. The van der Waals surface area contributed by atoms with E-state index in [2.05, 4.69) is 10.3 Å². The third kappa shape index (κ3) is 5.16. The minimum absolute atomic E-state index is 0.00760. The maximum atomic E-state index is 12.1. The molecule has 1 heterocycles. The lowest BCUT2D eigenvalue weighted by atomic mass is 10.2. The van der Waals surface area contributed by atoms with Gasteiger partial charge in [-0.1, -0.05) is 0 Å². The molecule has 0 aliphatic heterocycles. The molecule has 3 rings (SSSR count). The molecule has 8 heteroatoms. The van der Waals surface area contributed by atoms with Crippen LogP contribution in [0.4, 0.5) is 5.69 Å². The fourth-order valence-electron chi connectivity index (χ4n) is 2.98. The standard InChI is InChI=1S/C19H21N3O5/c23-16(9-11-22-12-10-17(24)21-19(22)26)20-14-7-5-13(6-8-14)18(25)27-15-3-1-2-4-15/h5-8,10,12,15H,1-4,9,11H2,(H,20,23)(H,21,24,26). The normalized spacial score (nSPS) is 14.1. The van der Waals surface area contributed by atoms with Crippen molar-refractivity contribution in [1.82, 2.24) is 9.55 Å². The summed E-state index contributed by atoms with van der Waals surface area (Å²) in [5.74, 6) is -0.633. The first-order valence-corrected chi connectivity index (χ1v) is 8.92. The Kier molecular flexibility index (Phi) is 5.85. The van der Waals surface area contributed by atoms with Crippen LogP contribution in [0.1, 0.15) is 42.5 Å². The van der Waals surface area contributed by atoms with Gasteiger partial charge in [0, 0.05) is 30.9 Å². The van der Waals surface area contributed by atoms with Crippen molar-refractivity contribution >= 4 is 17.6 Å². The van der Waals surface area contributed by atoms with E-state index in [4.69, 9.17) is 4.74 Å². The number of nitrogens with zero attached hydrogens (tertiary/aromatic N) is 1. The van der Waals surface area contributed by atoms with Gasteiger partial charge in [-0.15, -0.1) is 0 Å². The molecule has 1 amide bonds. The second-order valence-corrected chi connectivity index (χ2v) is 6.49. The van der Waals surface area contributed by atoms with Crippen molar-refractivity contribution in [3.63, 3.8) is 0 Å². The van der Waals surface area contributed by atoms with Crippen LogP contribution in [0.5, 0.6) is 0 Å². The van der Waals surface area contributed by atoms with Gasteiger partial charge in [-0.25, -0.2) is 9.59 Å². The number of aromatic amines is 1. The largest absolute Gasteiger partial charge is 0.459 e. The Hall–Kier alpha value is -3.16. The van der Waals surface area contributed by atoms with Crippen LogP contribution < -0.4 is 16.6 Å². The third-order valence-corrected chi connectivity index (χ3v) is 4.46. The van der Waals surface area contributed by atoms with Gasteiger partial charge in [-0.3, -0.25) is 14.6 Å². The lowest BCUT2D eigenvalue weighted by Gasteiger charge is -2.11. The molecule has 0 unspecified atom stereocenters. The van der Waals surface area contributed by atoms with Gasteiger partial charge in [0.1, 0.15) is 6.10 Å². The molecule has 8 nitrogen and oxygen atoms in total. The highest BCUT2D eigenvalue weighted by Gasteiger charge is 2.20. The maximum absolute atomic E-state index is 12.1. The monoisotopic (exact) mass is 371 g/mol. The summed E-state index contributed by atoms with van der Waals surface area (Å²) in [5.41, 5.74) is -0.0430. The van der Waals surface area contributed by atoms with Crippen LogP contribution in [0, 0.1) is 0 Å². The van der Waals surface area contributed by atoms with Crippen LogP contribution in [0.25, 0.3) is 0 Å². The summed E-state index contributed by atoms with van der Waals surface area (Å²) >= 11 is 0. The smallest absolute Gasteiger partial charge is 0.338 e. The number of carbonyl (C=O) groups excluding carboxylic acids is 2. The summed E-state index contributed by atoms with van der Waals surface area (Å²) in [4.78, 5) is 48.8. The topological polar surface area (TPSA) is 110 Å². The molecule has 0 atom stereocenters. The van der Waals surface area contributed by atoms with E-state index in [0.717, 1.165) is 25.7 Å². The molecule has 1 aromatic carbocycles. The number of aryl methyl sites for hydroxylation is 1. The number of H-pyrrole nitrogens is 1. The second-order valence-electron chi connectivity index (χ2n) is 6.49. The van der Waals surface area contributed by atoms with Gasteiger partial charge in [0.25, 0.3) is 5.56 Å². The molecule has 0 radical (unpaired) electrons. The predicted molar refractivity (Wildman–Crippen MR) is 98.7 cm³/mol. The molecular formula is C19H21N3O5. The molecule has 1 saturated carbocycles. The summed E-state index contributed by atoms with van der Waals surface area (Å²) in [5, 5.41) is 2.70. The summed E-state index contributed by atoms with van der Waals surface area (Å²) in [6, 6.07) is 7.71. The number of benzene rings is 1. The van der Waals surface area contributed by atoms with E-state index in [1.54, 1.807) is 24.3 Å². The number of hydrogen-bond donors (Lipinski definition) is 2. The van der Waals surface area contributed by atoms with Crippen molar-refractivity contribution in [3.8, 4) is 0 Å². The van der Waals surface area contributed by atoms with Crippen molar-refractivity contribution in [3.05, 3.63) is 62.9 Å². The highest BCUT2D eigenvalue weighted by molar-refractivity contribution is 5.93. The first-order chi connectivity index (χ1) is 13.0. The van der Waals surface area contributed by atoms with Gasteiger partial charge < -0.3 is 14.6 Å². The van der Waals surface area contributed by atoms with Gasteiger partial charge in [0.15, 0.2) is 0 Å². The number of anilines is 1. The van der Waals surface area contributed by atoms with Crippen LogP contribution in [0.3, 0.4) is 0 Å².